The molecule has 0 amide bonds. The van der Waals surface area contributed by atoms with Crippen molar-refractivity contribution in [1.82, 2.24) is 0 Å². The van der Waals surface area contributed by atoms with Gasteiger partial charge in [-0.05, 0) is 18.4 Å². The highest BCUT2D eigenvalue weighted by atomic mass is 35.5. The Morgan fingerprint density at radius 1 is 1.29 bits per heavy atom. The van der Waals surface area contributed by atoms with Gasteiger partial charge in [0.1, 0.15) is 0 Å². The zero-order chi connectivity index (χ0) is 10.4. The quantitative estimate of drug-likeness (QED) is 0.691. The van der Waals surface area contributed by atoms with Crippen LogP contribution in [0.4, 0.5) is 0 Å². The van der Waals surface area contributed by atoms with Crippen molar-refractivity contribution in [3.8, 4) is 0 Å². The van der Waals surface area contributed by atoms with Crippen molar-refractivity contribution in [1.29, 1.82) is 0 Å². The van der Waals surface area contributed by atoms with Crippen LogP contribution in [0.5, 0.6) is 0 Å². The van der Waals surface area contributed by atoms with E-state index in [-0.39, 0.29) is 0 Å². The first-order valence-electron chi connectivity index (χ1n) is 5.12. The molecule has 1 aromatic rings. The molecule has 0 aliphatic rings. The van der Waals surface area contributed by atoms with Gasteiger partial charge < -0.3 is 0 Å². The lowest BCUT2D eigenvalue weighted by Gasteiger charge is -2.05. The first-order valence-corrected chi connectivity index (χ1v) is 6.50. The molecule has 0 atom stereocenters. The Hall–Kier alpha value is -0.533. The second-order valence-corrected chi connectivity index (χ2v) is 5.26. The van der Waals surface area contributed by atoms with Crippen molar-refractivity contribution < 1.29 is 0 Å². The molecule has 0 aromatic heterocycles. The molecule has 0 nitrogen and oxygen atoms in total. The van der Waals surface area contributed by atoms with Crippen LogP contribution < -0.4 is 0 Å². The summed E-state index contributed by atoms with van der Waals surface area (Å²) in [5, 5.41) is 2.52. The fraction of sp³-hybridized carbons (Fsp3) is 0.333. The molecule has 0 unspecified atom stereocenters. The van der Waals surface area contributed by atoms with Crippen molar-refractivity contribution >= 4 is 21.8 Å². The minimum atomic E-state index is 1.03. The highest BCUT2D eigenvalue weighted by Crippen LogP contribution is 2.17. The minimum Gasteiger partial charge on any atom is -0.0897 e. The summed E-state index contributed by atoms with van der Waals surface area (Å²) in [5.74, 6) is 0. The number of hydrogen-bond donors (Lipinski definition) is 0. The van der Waals surface area contributed by atoms with Gasteiger partial charge in [-0.1, -0.05) is 60.5 Å². The van der Waals surface area contributed by atoms with Crippen LogP contribution in [0, 0.1) is 0 Å². The average Bonchev–Trinajstić information content (AvgIpc) is 2.19. The summed E-state index contributed by atoms with van der Waals surface area (Å²) < 4.78 is 0. The van der Waals surface area contributed by atoms with Gasteiger partial charge in [-0.2, -0.15) is 0 Å². The molecule has 0 radical (unpaired) electrons. The van der Waals surface area contributed by atoms with Gasteiger partial charge in [0.25, 0.3) is 0 Å². The molecule has 2 heteroatoms. The van der Waals surface area contributed by atoms with E-state index in [1.54, 1.807) is 0 Å². The van der Waals surface area contributed by atoms with Crippen LogP contribution in [0.25, 0.3) is 0 Å². The summed E-state index contributed by atoms with van der Waals surface area (Å²) in [7, 11) is 1.07. The Kier molecular flexibility index (Phi) is 4.98. The van der Waals surface area contributed by atoms with E-state index in [9.17, 15) is 0 Å². The zero-order valence-electron chi connectivity index (χ0n) is 8.89. The van der Waals surface area contributed by atoms with Crippen molar-refractivity contribution in [2.45, 2.75) is 26.2 Å². The average molecular weight is 225 g/mol. The Labute approximate surface area is 94.4 Å². The van der Waals surface area contributed by atoms with Gasteiger partial charge in [0.15, 0.2) is 0 Å². The number of allylic oxidation sites excluding steroid dienone is 2. The topological polar surface area (TPSA) is 0 Å². The predicted octanol–water partition coefficient (Wildman–Crippen LogP) is 2.85. The van der Waals surface area contributed by atoms with E-state index >= 15 is 0 Å². The van der Waals surface area contributed by atoms with E-state index in [2.05, 4.69) is 31.2 Å². The second-order valence-electron chi connectivity index (χ2n) is 3.60. The lowest BCUT2D eigenvalue weighted by atomic mass is 10.1. The molecule has 1 aromatic carbocycles. The van der Waals surface area contributed by atoms with Gasteiger partial charge in [-0.3, -0.25) is 0 Å². The molecule has 0 bridgehead atoms. The maximum absolute atomic E-state index is 6.20. The fourth-order valence-electron chi connectivity index (χ4n) is 1.43. The highest BCUT2D eigenvalue weighted by Gasteiger charge is 1.99. The van der Waals surface area contributed by atoms with Crippen molar-refractivity contribution in [3.63, 3.8) is 0 Å². The van der Waals surface area contributed by atoms with Crippen molar-refractivity contribution in [2.75, 3.05) is 0 Å². The lowest BCUT2D eigenvalue weighted by Crippen LogP contribution is -1.92. The van der Waals surface area contributed by atoms with E-state index in [4.69, 9.17) is 11.6 Å². The molecule has 0 aliphatic carbocycles. The number of hydrogen-bond acceptors (Lipinski definition) is 0. The van der Waals surface area contributed by atoms with E-state index in [1.165, 1.54) is 10.8 Å². The number of halogens is 1. The minimum absolute atomic E-state index is 1.03. The third-order valence-corrected chi connectivity index (χ3v) is 4.03. The summed E-state index contributed by atoms with van der Waals surface area (Å²) >= 11 is 6.20. The normalized spacial score (nSPS) is 12.7. The van der Waals surface area contributed by atoms with Crippen LogP contribution in [-0.2, 0) is 6.42 Å². The molecule has 0 spiro atoms. The summed E-state index contributed by atoms with van der Waals surface area (Å²) in [5.41, 5.74) is 1.37. The standard InChI is InChI=1S/C12H17ClSi/c1-2-6-11(13)12(14)9-10-7-4-3-5-8-10/h3-5,7-8H,2,6,9H2,1,14H3. The highest BCUT2D eigenvalue weighted by molar-refractivity contribution is 6.36. The SMILES string of the molecule is CCCC(Cl)=C([SiH3])Cc1ccccc1. The molecule has 0 N–H and O–H groups in total. The molecule has 76 valence electrons. The number of rotatable bonds is 4. The van der Waals surface area contributed by atoms with Crippen LogP contribution in [0.15, 0.2) is 40.6 Å². The maximum Gasteiger partial charge on any atom is 0.0352 e. The van der Waals surface area contributed by atoms with Gasteiger partial charge in [-0.15, -0.1) is 0 Å². The van der Waals surface area contributed by atoms with Crippen LogP contribution in [0.2, 0.25) is 0 Å². The van der Waals surface area contributed by atoms with Gasteiger partial charge in [0.05, 0.1) is 0 Å². The molecular formula is C12H17ClSi. The second kappa shape index (κ2) is 6.05. The molecule has 0 saturated carbocycles. The van der Waals surface area contributed by atoms with E-state index in [1.807, 2.05) is 6.07 Å². The smallest absolute Gasteiger partial charge is 0.0352 e. The molecule has 0 saturated heterocycles. The molecule has 0 fully saturated rings. The van der Waals surface area contributed by atoms with Gasteiger partial charge >= 0.3 is 0 Å². The van der Waals surface area contributed by atoms with E-state index in [0.717, 1.165) is 34.5 Å². The Morgan fingerprint density at radius 3 is 2.50 bits per heavy atom. The number of benzene rings is 1. The summed E-state index contributed by atoms with van der Waals surface area (Å²) in [6.07, 6.45) is 3.21. The molecule has 1 rings (SSSR count). The van der Waals surface area contributed by atoms with Crippen LogP contribution in [-0.4, -0.2) is 10.2 Å². The summed E-state index contributed by atoms with van der Waals surface area (Å²) in [6, 6.07) is 10.5. The fourth-order valence-corrected chi connectivity index (χ4v) is 2.34. The summed E-state index contributed by atoms with van der Waals surface area (Å²) in [6.45, 7) is 2.17. The first-order chi connectivity index (χ1) is 6.74. The predicted molar refractivity (Wildman–Crippen MR) is 67.9 cm³/mol. The van der Waals surface area contributed by atoms with E-state index in [0.29, 0.717) is 0 Å². The third-order valence-electron chi connectivity index (χ3n) is 2.24. The van der Waals surface area contributed by atoms with Gasteiger partial charge in [-0.25, -0.2) is 0 Å². The Morgan fingerprint density at radius 2 is 1.93 bits per heavy atom. The molecular weight excluding hydrogens is 208 g/mol. The van der Waals surface area contributed by atoms with Crippen LogP contribution >= 0.6 is 11.6 Å². The van der Waals surface area contributed by atoms with Gasteiger partial charge in [0.2, 0.25) is 0 Å². The van der Waals surface area contributed by atoms with Crippen LogP contribution in [0.3, 0.4) is 0 Å². The van der Waals surface area contributed by atoms with Crippen molar-refractivity contribution in [2.24, 2.45) is 0 Å². The van der Waals surface area contributed by atoms with E-state index < -0.39 is 0 Å². The Balaban J connectivity index is 2.65. The Bertz CT molecular complexity index is 303. The molecule has 0 heterocycles. The third kappa shape index (κ3) is 3.68. The summed E-state index contributed by atoms with van der Waals surface area (Å²) in [4.78, 5) is 0. The molecule has 0 aliphatic heterocycles. The van der Waals surface area contributed by atoms with Crippen molar-refractivity contribution in [3.05, 3.63) is 46.1 Å². The zero-order valence-corrected chi connectivity index (χ0v) is 11.6. The largest absolute Gasteiger partial charge is 0.0897 e. The van der Waals surface area contributed by atoms with Gasteiger partial charge in [0, 0.05) is 15.3 Å². The molecule has 14 heavy (non-hydrogen) atoms. The monoisotopic (exact) mass is 224 g/mol. The van der Waals surface area contributed by atoms with Crippen LogP contribution in [0.1, 0.15) is 25.3 Å². The maximum atomic E-state index is 6.20. The lowest BCUT2D eigenvalue weighted by molar-refractivity contribution is 0.935. The first kappa shape index (κ1) is 11.5.